The first kappa shape index (κ1) is 16.5. The van der Waals surface area contributed by atoms with Crippen molar-refractivity contribution in [3.63, 3.8) is 0 Å². The SMILES string of the molecule is CCCNC1c2ccccc2CCC1CCS(=O)(=O)CC. The fourth-order valence-corrected chi connectivity index (χ4v) is 4.14. The van der Waals surface area contributed by atoms with Gasteiger partial charge in [0.15, 0.2) is 0 Å². The zero-order valence-electron chi connectivity index (χ0n) is 13.1. The third-order valence-electron chi connectivity index (χ3n) is 4.50. The third kappa shape index (κ3) is 4.30. The van der Waals surface area contributed by atoms with E-state index in [2.05, 4.69) is 36.5 Å². The van der Waals surface area contributed by atoms with Crippen LogP contribution in [0.5, 0.6) is 0 Å². The van der Waals surface area contributed by atoms with Crippen molar-refractivity contribution in [1.29, 1.82) is 0 Å². The highest BCUT2D eigenvalue weighted by molar-refractivity contribution is 7.91. The van der Waals surface area contributed by atoms with E-state index in [1.807, 2.05) is 0 Å². The van der Waals surface area contributed by atoms with Crippen molar-refractivity contribution in [2.45, 2.75) is 45.6 Å². The molecular formula is C17H27NO2S. The topological polar surface area (TPSA) is 46.2 Å². The number of nitrogens with one attached hydrogen (secondary N) is 1. The summed E-state index contributed by atoms with van der Waals surface area (Å²) in [5, 5.41) is 3.64. The molecule has 1 aliphatic rings. The number of hydrogen-bond donors (Lipinski definition) is 1. The van der Waals surface area contributed by atoms with Gasteiger partial charge in [-0.1, -0.05) is 38.1 Å². The molecule has 0 aromatic heterocycles. The Hall–Kier alpha value is -0.870. The molecule has 0 saturated heterocycles. The van der Waals surface area contributed by atoms with E-state index in [0.717, 1.165) is 32.2 Å². The monoisotopic (exact) mass is 309 g/mol. The van der Waals surface area contributed by atoms with Gasteiger partial charge in [0, 0.05) is 11.8 Å². The Morgan fingerprint density at radius 1 is 1.24 bits per heavy atom. The van der Waals surface area contributed by atoms with Crippen LogP contribution in [0.25, 0.3) is 0 Å². The summed E-state index contributed by atoms with van der Waals surface area (Å²) >= 11 is 0. The smallest absolute Gasteiger partial charge is 0.150 e. The number of aryl methyl sites for hydroxylation is 1. The van der Waals surface area contributed by atoms with Gasteiger partial charge in [-0.2, -0.15) is 0 Å². The van der Waals surface area contributed by atoms with Crippen LogP contribution in [0.15, 0.2) is 24.3 Å². The molecule has 0 saturated carbocycles. The normalized spacial score (nSPS) is 22.0. The molecule has 2 atom stereocenters. The first-order valence-electron chi connectivity index (χ1n) is 8.09. The Kier molecular flexibility index (Phi) is 5.82. The summed E-state index contributed by atoms with van der Waals surface area (Å²) in [7, 11) is -2.87. The van der Waals surface area contributed by atoms with Crippen LogP contribution in [0.2, 0.25) is 0 Å². The highest BCUT2D eigenvalue weighted by Crippen LogP contribution is 2.36. The molecule has 1 aromatic rings. The largest absolute Gasteiger partial charge is 0.310 e. The highest BCUT2D eigenvalue weighted by Gasteiger charge is 2.29. The molecule has 0 bridgehead atoms. The lowest BCUT2D eigenvalue weighted by Gasteiger charge is -2.34. The third-order valence-corrected chi connectivity index (χ3v) is 6.24. The molecule has 2 unspecified atom stereocenters. The minimum atomic E-state index is -2.87. The van der Waals surface area contributed by atoms with E-state index < -0.39 is 9.84 Å². The van der Waals surface area contributed by atoms with E-state index in [9.17, 15) is 8.42 Å². The fourth-order valence-electron chi connectivity index (χ4n) is 3.19. The van der Waals surface area contributed by atoms with Gasteiger partial charge in [0.25, 0.3) is 0 Å². The molecule has 1 aliphatic carbocycles. The molecule has 1 aromatic carbocycles. The van der Waals surface area contributed by atoms with Crippen LogP contribution in [-0.4, -0.2) is 26.5 Å². The second kappa shape index (κ2) is 7.41. The van der Waals surface area contributed by atoms with Gasteiger partial charge in [-0.15, -0.1) is 0 Å². The Morgan fingerprint density at radius 3 is 2.71 bits per heavy atom. The summed E-state index contributed by atoms with van der Waals surface area (Å²) in [5.74, 6) is 0.997. The van der Waals surface area contributed by atoms with E-state index >= 15 is 0 Å². The van der Waals surface area contributed by atoms with Crippen molar-refractivity contribution in [1.82, 2.24) is 5.32 Å². The van der Waals surface area contributed by atoms with Crippen LogP contribution in [0.1, 0.15) is 50.3 Å². The Labute approximate surface area is 129 Å². The molecule has 0 fully saturated rings. The average Bonchev–Trinajstić information content (AvgIpc) is 2.51. The summed E-state index contributed by atoms with van der Waals surface area (Å²) in [5.41, 5.74) is 2.79. The first-order valence-corrected chi connectivity index (χ1v) is 9.91. The lowest BCUT2D eigenvalue weighted by Crippen LogP contribution is -2.34. The van der Waals surface area contributed by atoms with Gasteiger partial charge in [0.05, 0.1) is 5.75 Å². The molecule has 0 aliphatic heterocycles. The molecule has 21 heavy (non-hydrogen) atoms. The van der Waals surface area contributed by atoms with Crippen LogP contribution < -0.4 is 5.32 Å². The molecule has 0 spiro atoms. The van der Waals surface area contributed by atoms with Gasteiger partial charge in [-0.25, -0.2) is 8.42 Å². The maximum absolute atomic E-state index is 11.8. The number of hydrogen-bond acceptors (Lipinski definition) is 3. The quantitative estimate of drug-likeness (QED) is 0.842. The number of rotatable bonds is 7. The predicted octanol–water partition coefficient (Wildman–Crippen LogP) is 3.11. The van der Waals surface area contributed by atoms with Gasteiger partial charge in [-0.05, 0) is 49.3 Å². The molecule has 118 valence electrons. The Morgan fingerprint density at radius 2 is 2.00 bits per heavy atom. The molecular weight excluding hydrogens is 282 g/mol. The molecule has 0 radical (unpaired) electrons. The summed E-state index contributed by atoms with van der Waals surface area (Å²) in [6, 6.07) is 8.89. The van der Waals surface area contributed by atoms with Gasteiger partial charge >= 0.3 is 0 Å². The van der Waals surface area contributed by atoms with Gasteiger partial charge in [0.1, 0.15) is 9.84 Å². The molecule has 0 heterocycles. The number of fused-ring (bicyclic) bond motifs is 1. The second-order valence-electron chi connectivity index (χ2n) is 5.95. The summed E-state index contributed by atoms with van der Waals surface area (Å²) in [6.07, 6.45) is 4.01. The number of benzene rings is 1. The van der Waals surface area contributed by atoms with Crippen LogP contribution >= 0.6 is 0 Å². The van der Waals surface area contributed by atoms with E-state index in [4.69, 9.17) is 0 Å². The van der Waals surface area contributed by atoms with Crippen molar-refractivity contribution in [3.8, 4) is 0 Å². The van der Waals surface area contributed by atoms with Crippen molar-refractivity contribution >= 4 is 9.84 Å². The summed E-state index contributed by atoms with van der Waals surface area (Å²) < 4.78 is 23.6. The van der Waals surface area contributed by atoms with Crippen molar-refractivity contribution in [2.24, 2.45) is 5.92 Å². The highest BCUT2D eigenvalue weighted by atomic mass is 32.2. The van der Waals surface area contributed by atoms with E-state index in [1.54, 1.807) is 6.92 Å². The van der Waals surface area contributed by atoms with Crippen LogP contribution in [-0.2, 0) is 16.3 Å². The fraction of sp³-hybridized carbons (Fsp3) is 0.647. The Balaban J connectivity index is 2.13. The van der Waals surface area contributed by atoms with Crippen LogP contribution in [0.3, 0.4) is 0 Å². The lowest BCUT2D eigenvalue weighted by atomic mass is 9.78. The molecule has 0 amide bonds. The second-order valence-corrected chi connectivity index (χ2v) is 8.43. The van der Waals surface area contributed by atoms with Gasteiger partial charge < -0.3 is 5.32 Å². The minimum absolute atomic E-state index is 0.253. The minimum Gasteiger partial charge on any atom is -0.310 e. The maximum Gasteiger partial charge on any atom is 0.150 e. The van der Waals surface area contributed by atoms with E-state index in [1.165, 1.54) is 11.1 Å². The van der Waals surface area contributed by atoms with Gasteiger partial charge in [0.2, 0.25) is 0 Å². The van der Waals surface area contributed by atoms with Crippen molar-refractivity contribution in [2.75, 3.05) is 18.1 Å². The summed E-state index contributed by atoms with van der Waals surface area (Å²) in [4.78, 5) is 0. The predicted molar refractivity (Wildman–Crippen MR) is 88.2 cm³/mol. The van der Waals surface area contributed by atoms with E-state index in [-0.39, 0.29) is 5.75 Å². The average molecular weight is 309 g/mol. The molecule has 2 rings (SSSR count). The molecule has 4 heteroatoms. The van der Waals surface area contributed by atoms with E-state index in [0.29, 0.717) is 17.7 Å². The lowest BCUT2D eigenvalue weighted by molar-refractivity contribution is 0.313. The molecule has 3 nitrogen and oxygen atoms in total. The Bertz CT molecular complexity index is 554. The first-order chi connectivity index (χ1) is 10.1. The standard InChI is InChI=1S/C17H27NO2S/c1-3-12-18-17-15(11-13-21(19,20)4-2)10-9-14-7-5-6-8-16(14)17/h5-8,15,17-18H,3-4,9-13H2,1-2H3. The van der Waals surface area contributed by atoms with Crippen LogP contribution in [0, 0.1) is 5.92 Å². The van der Waals surface area contributed by atoms with Crippen molar-refractivity contribution in [3.05, 3.63) is 35.4 Å². The van der Waals surface area contributed by atoms with Gasteiger partial charge in [-0.3, -0.25) is 0 Å². The number of sulfone groups is 1. The maximum atomic E-state index is 11.8. The summed E-state index contributed by atoms with van der Waals surface area (Å²) in [6.45, 7) is 4.88. The zero-order valence-corrected chi connectivity index (χ0v) is 14.0. The zero-order chi connectivity index (χ0) is 15.3. The molecule has 1 N–H and O–H groups in total. The van der Waals surface area contributed by atoms with Crippen molar-refractivity contribution < 1.29 is 8.42 Å². The van der Waals surface area contributed by atoms with Crippen LogP contribution in [0.4, 0.5) is 0 Å².